The van der Waals surface area contributed by atoms with Crippen LogP contribution in [0.2, 0.25) is 0 Å². The third-order valence-corrected chi connectivity index (χ3v) is 5.59. The van der Waals surface area contributed by atoms with Crippen LogP contribution in [0.15, 0.2) is 40.7 Å². The number of thiophene rings is 1. The van der Waals surface area contributed by atoms with E-state index in [4.69, 9.17) is 0 Å². The van der Waals surface area contributed by atoms with Crippen molar-refractivity contribution < 1.29 is 8.78 Å². The predicted molar refractivity (Wildman–Crippen MR) is 124 cm³/mol. The number of halogens is 3. The van der Waals surface area contributed by atoms with E-state index in [0.29, 0.717) is 24.6 Å². The zero-order valence-corrected chi connectivity index (χ0v) is 19.1. The van der Waals surface area contributed by atoms with Gasteiger partial charge in [0.1, 0.15) is 11.6 Å². The molecule has 0 amide bonds. The number of benzene rings is 1. The highest BCUT2D eigenvalue weighted by Crippen LogP contribution is 2.24. The molecule has 0 spiro atoms. The molecule has 0 radical (unpaired) electrons. The normalized spacial score (nSPS) is 15.2. The smallest absolute Gasteiger partial charge is 0.191 e. The van der Waals surface area contributed by atoms with Crippen LogP contribution in [0.25, 0.3) is 0 Å². The molecule has 8 heteroatoms. The second-order valence-corrected chi connectivity index (χ2v) is 7.53. The molecule has 1 fully saturated rings. The van der Waals surface area contributed by atoms with E-state index in [1.807, 2.05) is 6.92 Å². The molecule has 0 bridgehead atoms. The number of guanidine groups is 1. The van der Waals surface area contributed by atoms with Crippen LogP contribution in [0.3, 0.4) is 0 Å². The molecule has 3 rings (SSSR count). The zero-order valence-electron chi connectivity index (χ0n) is 16.0. The van der Waals surface area contributed by atoms with Gasteiger partial charge in [-0.2, -0.15) is 0 Å². The minimum Gasteiger partial charge on any atom is -0.363 e. The second-order valence-electron chi connectivity index (χ2n) is 6.60. The molecule has 1 aromatic carbocycles. The SMILES string of the molecule is CCNC(=NCCc1ccc(F)cc1F)NC1CCN(c2cccs2)CC1.I. The number of nitrogens with one attached hydrogen (secondary N) is 2. The number of aliphatic imine (C=N–C) groups is 1. The molecular weight excluding hydrogens is 493 g/mol. The van der Waals surface area contributed by atoms with Crippen LogP contribution in [0, 0.1) is 11.6 Å². The van der Waals surface area contributed by atoms with E-state index >= 15 is 0 Å². The van der Waals surface area contributed by atoms with Crippen molar-refractivity contribution in [2.24, 2.45) is 4.99 Å². The van der Waals surface area contributed by atoms with E-state index in [1.165, 1.54) is 17.1 Å². The van der Waals surface area contributed by atoms with Gasteiger partial charge in [-0.05, 0) is 55.3 Å². The lowest BCUT2D eigenvalue weighted by Gasteiger charge is -2.33. The molecular formula is C20H27F2IN4S. The average Bonchev–Trinajstić information content (AvgIpc) is 3.19. The van der Waals surface area contributed by atoms with E-state index in [-0.39, 0.29) is 24.0 Å². The van der Waals surface area contributed by atoms with Gasteiger partial charge in [0, 0.05) is 38.3 Å². The number of nitrogens with zero attached hydrogens (tertiary/aromatic N) is 2. The minimum absolute atomic E-state index is 0. The third kappa shape index (κ3) is 6.58. The molecule has 1 aliphatic heterocycles. The summed E-state index contributed by atoms with van der Waals surface area (Å²) in [6, 6.07) is 8.32. The molecule has 0 saturated carbocycles. The van der Waals surface area contributed by atoms with Gasteiger partial charge < -0.3 is 15.5 Å². The fraction of sp³-hybridized carbons (Fsp3) is 0.450. The lowest BCUT2D eigenvalue weighted by Crippen LogP contribution is -2.48. The van der Waals surface area contributed by atoms with Crippen LogP contribution in [-0.4, -0.2) is 38.2 Å². The summed E-state index contributed by atoms with van der Waals surface area (Å²) in [4.78, 5) is 6.98. The Morgan fingerprint density at radius 2 is 2.04 bits per heavy atom. The Kier molecular flexibility index (Phi) is 9.43. The first-order valence-electron chi connectivity index (χ1n) is 9.43. The van der Waals surface area contributed by atoms with Crippen molar-refractivity contribution in [3.8, 4) is 0 Å². The fourth-order valence-electron chi connectivity index (χ4n) is 3.22. The summed E-state index contributed by atoms with van der Waals surface area (Å²) in [7, 11) is 0. The largest absolute Gasteiger partial charge is 0.363 e. The van der Waals surface area contributed by atoms with Crippen LogP contribution in [0.5, 0.6) is 0 Å². The van der Waals surface area contributed by atoms with E-state index in [0.717, 1.165) is 44.5 Å². The van der Waals surface area contributed by atoms with Gasteiger partial charge in [-0.3, -0.25) is 4.99 Å². The van der Waals surface area contributed by atoms with Gasteiger partial charge in [0.25, 0.3) is 0 Å². The summed E-state index contributed by atoms with van der Waals surface area (Å²) in [6.07, 6.45) is 2.54. The standard InChI is InChI=1S/C20H26F2N4S.HI/c1-2-23-20(24-10-7-15-5-6-16(21)14-18(15)22)25-17-8-11-26(12-9-17)19-4-3-13-27-19;/h3-6,13-14,17H,2,7-12H2,1H3,(H2,23,24,25);1H. The fourth-order valence-corrected chi connectivity index (χ4v) is 4.01. The lowest BCUT2D eigenvalue weighted by molar-refractivity contribution is 0.463. The number of hydrogen-bond acceptors (Lipinski definition) is 3. The molecule has 0 atom stereocenters. The molecule has 2 aromatic rings. The monoisotopic (exact) mass is 520 g/mol. The quantitative estimate of drug-likeness (QED) is 0.337. The summed E-state index contributed by atoms with van der Waals surface area (Å²) in [5.41, 5.74) is 0.486. The summed E-state index contributed by atoms with van der Waals surface area (Å²) in [5.74, 6) is -0.303. The molecule has 1 saturated heterocycles. The highest BCUT2D eigenvalue weighted by atomic mass is 127. The van der Waals surface area contributed by atoms with Gasteiger partial charge in [0.2, 0.25) is 0 Å². The maximum Gasteiger partial charge on any atom is 0.191 e. The van der Waals surface area contributed by atoms with Crippen molar-refractivity contribution in [3.05, 3.63) is 52.9 Å². The van der Waals surface area contributed by atoms with Crippen LogP contribution >= 0.6 is 35.3 Å². The third-order valence-electron chi connectivity index (χ3n) is 4.66. The first kappa shape index (κ1) is 22.9. The highest BCUT2D eigenvalue weighted by molar-refractivity contribution is 14.0. The number of piperidine rings is 1. The van der Waals surface area contributed by atoms with Crippen molar-refractivity contribution >= 4 is 46.3 Å². The molecule has 2 heterocycles. The molecule has 0 unspecified atom stereocenters. The molecule has 0 aliphatic carbocycles. The topological polar surface area (TPSA) is 39.7 Å². The molecule has 28 heavy (non-hydrogen) atoms. The summed E-state index contributed by atoms with van der Waals surface area (Å²) >= 11 is 1.78. The van der Waals surface area contributed by atoms with Gasteiger partial charge in [0.05, 0.1) is 5.00 Å². The molecule has 1 aromatic heterocycles. The highest BCUT2D eigenvalue weighted by Gasteiger charge is 2.20. The number of hydrogen-bond donors (Lipinski definition) is 2. The Hall–Kier alpha value is -1.42. The Labute approximate surface area is 186 Å². The molecule has 2 N–H and O–H groups in total. The Balaban J connectivity index is 0.00000280. The first-order chi connectivity index (χ1) is 13.2. The minimum atomic E-state index is -0.552. The number of rotatable bonds is 6. The summed E-state index contributed by atoms with van der Waals surface area (Å²) < 4.78 is 26.7. The van der Waals surface area contributed by atoms with E-state index in [1.54, 1.807) is 11.3 Å². The maximum atomic E-state index is 13.7. The van der Waals surface area contributed by atoms with Crippen molar-refractivity contribution in [1.29, 1.82) is 0 Å². The van der Waals surface area contributed by atoms with Gasteiger partial charge in [0.15, 0.2) is 5.96 Å². The zero-order chi connectivity index (χ0) is 19.1. The van der Waals surface area contributed by atoms with Gasteiger partial charge in [-0.15, -0.1) is 35.3 Å². The number of anilines is 1. The summed E-state index contributed by atoms with van der Waals surface area (Å²) in [6.45, 7) is 5.30. The Morgan fingerprint density at radius 1 is 1.25 bits per heavy atom. The van der Waals surface area contributed by atoms with Crippen LogP contribution in [0.1, 0.15) is 25.3 Å². The second kappa shape index (κ2) is 11.5. The van der Waals surface area contributed by atoms with Crippen molar-refractivity contribution in [2.45, 2.75) is 32.2 Å². The predicted octanol–water partition coefficient (Wildman–Crippen LogP) is 4.41. The average molecular weight is 520 g/mol. The van der Waals surface area contributed by atoms with E-state index in [2.05, 4.69) is 38.0 Å². The van der Waals surface area contributed by atoms with E-state index in [9.17, 15) is 8.78 Å². The molecule has 1 aliphatic rings. The molecule has 4 nitrogen and oxygen atoms in total. The van der Waals surface area contributed by atoms with Gasteiger partial charge in [-0.1, -0.05) is 6.07 Å². The van der Waals surface area contributed by atoms with Crippen LogP contribution in [-0.2, 0) is 6.42 Å². The van der Waals surface area contributed by atoms with E-state index < -0.39 is 11.6 Å². The summed E-state index contributed by atoms with van der Waals surface area (Å²) in [5, 5.41) is 10.2. The van der Waals surface area contributed by atoms with Crippen molar-refractivity contribution in [2.75, 3.05) is 31.1 Å². The van der Waals surface area contributed by atoms with Gasteiger partial charge in [-0.25, -0.2) is 8.78 Å². The maximum absolute atomic E-state index is 13.7. The first-order valence-corrected chi connectivity index (χ1v) is 10.3. The van der Waals surface area contributed by atoms with Crippen LogP contribution < -0.4 is 15.5 Å². The lowest BCUT2D eigenvalue weighted by atomic mass is 10.1. The Bertz CT molecular complexity index is 747. The molecule has 154 valence electrons. The van der Waals surface area contributed by atoms with Crippen molar-refractivity contribution in [3.63, 3.8) is 0 Å². The van der Waals surface area contributed by atoms with Crippen molar-refractivity contribution in [1.82, 2.24) is 10.6 Å². The van der Waals surface area contributed by atoms with Gasteiger partial charge >= 0.3 is 0 Å². The van der Waals surface area contributed by atoms with Crippen LogP contribution in [0.4, 0.5) is 13.8 Å². The Morgan fingerprint density at radius 3 is 2.68 bits per heavy atom.